The molecule has 1 unspecified atom stereocenters. The number of hydrogen-bond acceptors (Lipinski definition) is 2. The molecule has 0 saturated carbocycles. The summed E-state index contributed by atoms with van der Waals surface area (Å²) in [6, 6.07) is 6.90. The largest absolute Gasteiger partial charge is 0.314 e. The first-order valence-corrected chi connectivity index (χ1v) is 7.06. The minimum atomic E-state index is 0.301. The first-order chi connectivity index (χ1) is 8.53. The summed E-state index contributed by atoms with van der Waals surface area (Å²) in [4.78, 5) is 2.64. The number of aryl methyl sites for hydroxylation is 2. The number of piperazine rings is 1. The molecule has 0 aliphatic carbocycles. The Morgan fingerprint density at radius 1 is 1.22 bits per heavy atom. The van der Waals surface area contributed by atoms with Gasteiger partial charge in [-0.1, -0.05) is 36.2 Å². The maximum absolute atomic E-state index is 3.52. The molecule has 1 N–H and O–H groups in total. The summed E-state index contributed by atoms with van der Waals surface area (Å²) in [6.07, 6.45) is 1.20. The van der Waals surface area contributed by atoms with Crippen molar-refractivity contribution in [1.29, 1.82) is 0 Å². The van der Waals surface area contributed by atoms with Crippen LogP contribution in [-0.4, -0.2) is 30.1 Å². The topological polar surface area (TPSA) is 15.3 Å². The second-order valence-electron chi connectivity index (χ2n) is 5.94. The molecule has 2 nitrogen and oxygen atoms in total. The van der Waals surface area contributed by atoms with Crippen LogP contribution in [0.15, 0.2) is 18.2 Å². The fourth-order valence-electron chi connectivity index (χ4n) is 2.95. The van der Waals surface area contributed by atoms with Crippen LogP contribution in [0.25, 0.3) is 0 Å². The van der Waals surface area contributed by atoms with Crippen molar-refractivity contribution in [1.82, 2.24) is 10.2 Å². The molecule has 2 rings (SSSR count). The molecule has 1 fully saturated rings. The molecule has 0 bridgehead atoms. The Kier molecular flexibility index (Phi) is 4.08. The van der Waals surface area contributed by atoms with Gasteiger partial charge < -0.3 is 5.32 Å². The third kappa shape index (κ3) is 2.93. The van der Waals surface area contributed by atoms with Crippen LogP contribution in [0.5, 0.6) is 0 Å². The molecular formula is C16H26N2. The van der Waals surface area contributed by atoms with E-state index >= 15 is 0 Å². The zero-order valence-electron chi connectivity index (χ0n) is 12.2. The van der Waals surface area contributed by atoms with E-state index in [1.165, 1.54) is 23.1 Å². The van der Waals surface area contributed by atoms with Gasteiger partial charge in [0.05, 0.1) is 0 Å². The summed E-state index contributed by atoms with van der Waals surface area (Å²) >= 11 is 0. The molecule has 1 atom stereocenters. The van der Waals surface area contributed by atoms with Gasteiger partial charge in [-0.2, -0.15) is 0 Å². The predicted octanol–water partition coefficient (Wildman–Crippen LogP) is 2.88. The molecule has 0 amide bonds. The normalized spacial score (nSPS) is 25.3. The van der Waals surface area contributed by atoms with E-state index in [0.717, 1.165) is 26.2 Å². The van der Waals surface area contributed by atoms with Gasteiger partial charge in [-0.05, 0) is 32.8 Å². The van der Waals surface area contributed by atoms with Crippen molar-refractivity contribution in [2.45, 2.75) is 46.2 Å². The van der Waals surface area contributed by atoms with Crippen molar-refractivity contribution in [3.8, 4) is 0 Å². The predicted molar refractivity (Wildman–Crippen MR) is 77.9 cm³/mol. The lowest BCUT2D eigenvalue weighted by molar-refractivity contribution is 0.0637. The number of nitrogens with one attached hydrogen (secondary N) is 1. The molecular weight excluding hydrogens is 220 g/mol. The van der Waals surface area contributed by atoms with Gasteiger partial charge in [0.15, 0.2) is 0 Å². The molecule has 18 heavy (non-hydrogen) atoms. The first-order valence-electron chi connectivity index (χ1n) is 7.06. The summed E-state index contributed by atoms with van der Waals surface area (Å²) in [5, 5.41) is 3.52. The Labute approximate surface area is 111 Å². The monoisotopic (exact) mass is 246 g/mol. The standard InChI is InChI=1S/C16H26N2/c1-5-16(4)12-17-6-7-18(16)11-15-9-13(2)8-14(3)10-15/h8-10,17H,5-7,11-12H2,1-4H3. The highest BCUT2D eigenvalue weighted by molar-refractivity contribution is 5.28. The Morgan fingerprint density at radius 2 is 1.89 bits per heavy atom. The van der Waals surface area contributed by atoms with Crippen LogP contribution in [0.2, 0.25) is 0 Å². The summed E-state index contributed by atoms with van der Waals surface area (Å²) in [5.74, 6) is 0. The fraction of sp³-hybridized carbons (Fsp3) is 0.625. The van der Waals surface area contributed by atoms with E-state index in [9.17, 15) is 0 Å². The highest BCUT2D eigenvalue weighted by Gasteiger charge is 2.32. The molecule has 1 aromatic carbocycles. The Morgan fingerprint density at radius 3 is 2.50 bits per heavy atom. The van der Waals surface area contributed by atoms with Gasteiger partial charge in [0.25, 0.3) is 0 Å². The number of benzene rings is 1. The van der Waals surface area contributed by atoms with Crippen molar-refractivity contribution < 1.29 is 0 Å². The van der Waals surface area contributed by atoms with Gasteiger partial charge >= 0.3 is 0 Å². The quantitative estimate of drug-likeness (QED) is 0.882. The average molecular weight is 246 g/mol. The Balaban J connectivity index is 2.16. The Hall–Kier alpha value is -0.860. The van der Waals surface area contributed by atoms with Crippen molar-refractivity contribution in [3.05, 3.63) is 34.9 Å². The van der Waals surface area contributed by atoms with Crippen molar-refractivity contribution >= 4 is 0 Å². The van der Waals surface area contributed by atoms with Crippen LogP contribution in [0.3, 0.4) is 0 Å². The number of rotatable bonds is 3. The van der Waals surface area contributed by atoms with E-state index in [1.54, 1.807) is 0 Å². The lowest BCUT2D eigenvalue weighted by atomic mass is 9.93. The van der Waals surface area contributed by atoms with E-state index < -0.39 is 0 Å². The van der Waals surface area contributed by atoms with E-state index in [2.05, 4.69) is 56.1 Å². The van der Waals surface area contributed by atoms with Gasteiger partial charge in [0, 0.05) is 31.7 Å². The molecule has 1 saturated heterocycles. The summed E-state index contributed by atoms with van der Waals surface area (Å²) in [7, 11) is 0. The molecule has 1 heterocycles. The second-order valence-corrected chi connectivity index (χ2v) is 5.94. The van der Waals surface area contributed by atoms with Gasteiger partial charge in [-0.3, -0.25) is 4.90 Å². The third-order valence-electron chi connectivity index (χ3n) is 4.24. The molecule has 2 heteroatoms. The third-order valence-corrected chi connectivity index (χ3v) is 4.24. The van der Waals surface area contributed by atoms with E-state index in [0.29, 0.717) is 5.54 Å². The van der Waals surface area contributed by atoms with Crippen LogP contribution in [-0.2, 0) is 6.54 Å². The molecule has 0 aromatic heterocycles. The fourth-order valence-corrected chi connectivity index (χ4v) is 2.95. The SMILES string of the molecule is CCC1(C)CNCCN1Cc1cc(C)cc(C)c1. The van der Waals surface area contributed by atoms with Crippen molar-refractivity contribution in [2.24, 2.45) is 0 Å². The number of hydrogen-bond donors (Lipinski definition) is 1. The zero-order valence-corrected chi connectivity index (χ0v) is 12.2. The lowest BCUT2D eigenvalue weighted by Crippen LogP contribution is -2.58. The van der Waals surface area contributed by atoms with Gasteiger partial charge in [-0.15, -0.1) is 0 Å². The lowest BCUT2D eigenvalue weighted by Gasteiger charge is -2.45. The van der Waals surface area contributed by atoms with Gasteiger partial charge in [0.2, 0.25) is 0 Å². The number of nitrogens with zero attached hydrogens (tertiary/aromatic N) is 1. The van der Waals surface area contributed by atoms with Crippen LogP contribution < -0.4 is 5.32 Å². The highest BCUT2D eigenvalue weighted by Crippen LogP contribution is 2.24. The zero-order chi connectivity index (χ0) is 13.2. The van der Waals surface area contributed by atoms with Gasteiger partial charge in [0.1, 0.15) is 0 Å². The second kappa shape index (κ2) is 5.41. The maximum Gasteiger partial charge on any atom is 0.0307 e. The van der Waals surface area contributed by atoms with Crippen molar-refractivity contribution in [2.75, 3.05) is 19.6 Å². The molecule has 1 aliphatic heterocycles. The summed E-state index contributed by atoms with van der Waals surface area (Å²) < 4.78 is 0. The molecule has 1 aromatic rings. The van der Waals surface area contributed by atoms with Gasteiger partial charge in [-0.25, -0.2) is 0 Å². The van der Waals surface area contributed by atoms with Crippen molar-refractivity contribution in [3.63, 3.8) is 0 Å². The summed E-state index contributed by atoms with van der Waals surface area (Å²) in [6.45, 7) is 13.5. The average Bonchev–Trinajstić information content (AvgIpc) is 2.31. The van der Waals surface area contributed by atoms with Crippen LogP contribution in [0, 0.1) is 13.8 Å². The van der Waals surface area contributed by atoms with Crippen LogP contribution in [0.1, 0.15) is 37.0 Å². The smallest absolute Gasteiger partial charge is 0.0307 e. The molecule has 0 spiro atoms. The van der Waals surface area contributed by atoms with E-state index in [4.69, 9.17) is 0 Å². The van der Waals surface area contributed by atoms with E-state index in [-0.39, 0.29) is 0 Å². The minimum absolute atomic E-state index is 0.301. The molecule has 1 aliphatic rings. The summed E-state index contributed by atoms with van der Waals surface area (Å²) in [5.41, 5.74) is 4.50. The van der Waals surface area contributed by atoms with Crippen LogP contribution >= 0.6 is 0 Å². The van der Waals surface area contributed by atoms with E-state index in [1.807, 2.05) is 0 Å². The maximum atomic E-state index is 3.52. The van der Waals surface area contributed by atoms with Crippen LogP contribution in [0.4, 0.5) is 0 Å². The highest BCUT2D eigenvalue weighted by atomic mass is 15.2. The molecule has 0 radical (unpaired) electrons. The minimum Gasteiger partial charge on any atom is -0.314 e. The first kappa shape index (κ1) is 13.6. The Bertz CT molecular complexity index is 393. The molecule has 100 valence electrons.